The lowest BCUT2D eigenvalue weighted by Crippen LogP contribution is -2.67. The van der Waals surface area contributed by atoms with E-state index in [-0.39, 0.29) is 35.2 Å². The van der Waals surface area contributed by atoms with Gasteiger partial charge in [0, 0.05) is 25.0 Å². The van der Waals surface area contributed by atoms with Crippen LogP contribution in [0.2, 0.25) is 0 Å². The molecule has 7 atom stereocenters. The van der Waals surface area contributed by atoms with Crippen LogP contribution in [-0.2, 0) is 54.8 Å². The zero-order chi connectivity index (χ0) is 33.0. The molecule has 0 radical (unpaired) electrons. The van der Waals surface area contributed by atoms with Gasteiger partial charge in [0.1, 0.15) is 5.76 Å². The lowest BCUT2D eigenvalue weighted by Gasteiger charge is -2.59. The minimum absolute atomic E-state index is 0.0569. The zero-order valence-electron chi connectivity index (χ0n) is 25.0. The molecule has 3 N–H and O–H groups in total. The summed E-state index contributed by atoms with van der Waals surface area (Å²) in [5.74, 6) is -6.61. The molecule has 4 aliphatic rings. The van der Waals surface area contributed by atoms with Crippen LogP contribution in [0.5, 0.6) is 11.5 Å². The molecule has 13 nitrogen and oxygen atoms in total. The van der Waals surface area contributed by atoms with Gasteiger partial charge in [0.15, 0.2) is 17.6 Å². The molecular weight excluding hydrogens is 604 g/mol. The maximum Gasteiger partial charge on any atom is 0.357 e. The summed E-state index contributed by atoms with van der Waals surface area (Å²) in [6.07, 6.45) is -3.23. The number of hydrogen-bond donors (Lipinski definition) is 3. The molecule has 1 spiro atoms. The van der Waals surface area contributed by atoms with Crippen molar-refractivity contribution in [2.24, 2.45) is 5.92 Å². The molecule has 0 aromatic heterocycles. The highest BCUT2D eigenvalue weighted by molar-refractivity contribution is 5.90. The van der Waals surface area contributed by atoms with Crippen molar-refractivity contribution in [1.29, 1.82) is 0 Å². The van der Waals surface area contributed by atoms with Crippen molar-refractivity contribution in [3.63, 3.8) is 0 Å². The van der Waals surface area contributed by atoms with E-state index in [1.807, 2.05) is 0 Å². The van der Waals surface area contributed by atoms with Crippen molar-refractivity contribution < 1.29 is 63.0 Å². The van der Waals surface area contributed by atoms with Crippen molar-refractivity contribution in [3.05, 3.63) is 71.0 Å². The zero-order valence-corrected chi connectivity index (χ0v) is 25.0. The lowest BCUT2D eigenvalue weighted by molar-refractivity contribution is -0.195. The summed E-state index contributed by atoms with van der Waals surface area (Å²) >= 11 is 0. The van der Waals surface area contributed by atoms with Crippen LogP contribution in [0, 0.1) is 5.92 Å². The standard InChI is InChI=1S/C33H32O13/c1-16(34)42-26(27(43-17(2)35)31(40)46-24(29(37)38)18-7-4-3-5-8-18)30(39)44-22-12-14-33(41)20-9-6-13-32(33)23-19(15-20)10-11-21(36)25(23)45-28(22)32/h3-5,7-8,10-12,20,24,26-28,36,41H,6,9,13-15H2,1-2H3,(H,37,38)/t20-,24-,26-,27-,28+,32+,33-/m1/s1. The van der Waals surface area contributed by atoms with Gasteiger partial charge in [-0.25, -0.2) is 14.4 Å². The van der Waals surface area contributed by atoms with Crippen molar-refractivity contribution >= 4 is 29.8 Å². The van der Waals surface area contributed by atoms with E-state index in [2.05, 4.69) is 0 Å². The highest BCUT2D eigenvalue weighted by Crippen LogP contribution is 2.67. The van der Waals surface area contributed by atoms with E-state index >= 15 is 0 Å². The number of carbonyl (C=O) groups excluding carboxylic acids is 4. The molecule has 46 heavy (non-hydrogen) atoms. The monoisotopic (exact) mass is 636 g/mol. The molecule has 0 amide bonds. The molecule has 1 fully saturated rings. The molecule has 2 bridgehead atoms. The molecule has 0 saturated heterocycles. The summed E-state index contributed by atoms with van der Waals surface area (Å²) in [5.41, 5.74) is -0.664. The first-order valence-electron chi connectivity index (χ1n) is 14.9. The summed E-state index contributed by atoms with van der Waals surface area (Å²) in [6.45, 7) is 1.88. The number of phenols is 1. The number of benzene rings is 2. The topological polar surface area (TPSA) is 192 Å². The van der Waals surface area contributed by atoms with Crippen LogP contribution in [0.15, 0.2) is 54.3 Å². The Kier molecular flexibility index (Phi) is 7.75. The Morgan fingerprint density at radius 1 is 0.935 bits per heavy atom. The van der Waals surface area contributed by atoms with E-state index in [1.165, 1.54) is 36.4 Å². The van der Waals surface area contributed by atoms with E-state index in [0.717, 1.165) is 32.3 Å². The Hall–Kier alpha value is -4.91. The van der Waals surface area contributed by atoms with Gasteiger partial charge < -0.3 is 39.0 Å². The minimum atomic E-state index is -2.25. The second kappa shape index (κ2) is 11.5. The Bertz CT molecular complexity index is 1650. The molecule has 3 aliphatic carbocycles. The summed E-state index contributed by atoms with van der Waals surface area (Å²) < 4.78 is 27.4. The molecule has 13 heteroatoms. The van der Waals surface area contributed by atoms with Crippen LogP contribution in [0.3, 0.4) is 0 Å². The van der Waals surface area contributed by atoms with E-state index in [1.54, 1.807) is 12.1 Å². The number of aromatic hydroxyl groups is 1. The summed E-state index contributed by atoms with van der Waals surface area (Å²) in [5, 5.41) is 32.7. The van der Waals surface area contributed by atoms with E-state index in [0.29, 0.717) is 18.4 Å². The average molecular weight is 637 g/mol. The van der Waals surface area contributed by atoms with Gasteiger partial charge in [-0.2, -0.15) is 0 Å². The average Bonchev–Trinajstić information content (AvgIpc) is 3.36. The van der Waals surface area contributed by atoms with Crippen LogP contribution in [-0.4, -0.2) is 69.1 Å². The van der Waals surface area contributed by atoms with Crippen LogP contribution in [0.25, 0.3) is 0 Å². The lowest BCUT2D eigenvalue weighted by atomic mass is 9.47. The second-order valence-electron chi connectivity index (χ2n) is 12.0. The number of rotatable bonds is 9. The molecule has 1 heterocycles. The molecular formula is C33H32O13. The quantitative estimate of drug-likeness (QED) is 0.269. The van der Waals surface area contributed by atoms with Crippen LogP contribution in [0.4, 0.5) is 0 Å². The third-order valence-corrected chi connectivity index (χ3v) is 9.37. The Morgan fingerprint density at radius 3 is 2.26 bits per heavy atom. The number of carboxylic acid groups (broad SMARTS) is 1. The first-order chi connectivity index (χ1) is 21.9. The summed E-state index contributed by atoms with van der Waals surface area (Å²) in [4.78, 5) is 63.3. The molecule has 242 valence electrons. The molecule has 2 aromatic rings. The van der Waals surface area contributed by atoms with Crippen molar-refractivity contribution in [3.8, 4) is 11.5 Å². The van der Waals surface area contributed by atoms with Gasteiger partial charge in [0.05, 0.1) is 11.0 Å². The predicted molar refractivity (Wildman–Crippen MR) is 153 cm³/mol. The van der Waals surface area contributed by atoms with Gasteiger partial charge in [-0.15, -0.1) is 0 Å². The maximum absolute atomic E-state index is 13.8. The predicted octanol–water partition coefficient (Wildman–Crippen LogP) is 2.54. The highest BCUT2D eigenvalue weighted by Gasteiger charge is 2.71. The molecule has 1 aliphatic heterocycles. The van der Waals surface area contributed by atoms with E-state index in [9.17, 15) is 39.3 Å². The fraction of sp³-hybridized carbons (Fsp3) is 0.424. The SMILES string of the molecule is CC(=O)O[C@@H](C(=O)OC1=CC[C@@]2(O)[C@@H]3CCC[C@@]24c2c(ccc(O)c2O[C@@H]14)C3)[C@@H](OC(C)=O)C(=O)O[C@@H](C(=O)O)c1ccccc1. The number of phenolic OH excluding ortho intramolecular Hbond substituents is 1. The molecule has 1 saturated carbocycles. The van der Waals surface area contributed by atoms with Gasteiger partial charge in [-0.1, -0.05) is 42.8 Å². The van der Waals surface area contributed by atoms with E-state index in [4.69, 9.17) is 23.7 Å². The third-order valence-electron chi connectivity index (χ3n) is 9.37. The van der Waals surface area contributed by atoms with Crippen LogP contribution < -0.4 is 4.74 Å². The van der Waals surface area contributed by atoms with Gasteiger partial charge >= 0.3 is 29.8 Å². The second-order valence-corrected chi connectivity index (χ2v) is 12.0. The first-order valence-corrected chi connectivity index (χ1v) is 14.9. The van der Waals surface area contributed by atoms with Crippen LogP contribution >= 0.6 is 0 Å². The summed E-state index contributed by atoms with van der Waals surface area (Å²) in [7, 11) is 0. The number of esters is 4. The maximum atomic E-state index is 13.8. The molecule has 2 aromatic carbocycles. The number of aliphatic carboxylic acids is 1. The van der Waals surface area contributed by atoms with Crippen LogP contribution in [0.1, 0.15) is 62.3 Å². The van der Waals surface area contributed by atoms with Crippen molar-refractivity contribution in [2.75, 3.05) is 0 Å². The Balaban J connectivity index is 1.33. The molecule has 6 rings (SSSR count). The Labute approximate surface area is 262 Å². The van der Waals surface area contributed by atoms with Gasteiger partial charge in [-0.3, -0.25) is 9.59 Å². The van der Waals surface area contributed by atoms with Crippen molar-refractivity contribution in [1.82, 2.24) is 0 Å². The number of carboxylic acids is 1. The number of ether oxygens (including phenoxy) is 5. The normalized spacial score (nSPS) is 27.0. The smallest absolute Gasteiger partial charge is 0.357 e. The number of aliphatic hydroxyl groups is 1. The van der Waals surface area contributed by atoms with E-state index < -0.39 is 65.3 Å². The molecule has 0 unspecified atom stereocenters. The fourth-order valence-corrected chi connectivity index (χ4v) is 7.60. The number of hydrogen-bond acceptors (Lipinski definition) is 12. The largest absolute Gasteiger partial charge is 0.504 e. The minimum Gasteiger partial charge on any atom is -0.504 e. The first kappa shape index (κ1) is 31.1. The summed E-state index contributed by atoms with van der Waals surface area (Å²) in [6, 6.07) is 10.8. The third kappa shape index (κ3) is 4.85. The van der Waals surface area contributed by atoms with Gasteiger partial charge in [0.2, 0.25) is 18.3 Å². The van der Waals surface area contributed by atoms with Crippen molar-refractivity contribution in [2.45, 2.75) is 81.4 Å². The fourth-order valence-electron chi connectivity index (χ4n) is 7.60. The number of carbonyl (C=O) groups is 5. The van der Waals surface area contributed by atoms with Gasteiger partial charge in [-0.05, 0) is 49.3 Å². The Morgan fingerprint density at radius 2 is 1.61 bits per heavy atom. The van der Waals surface area contributed by atoms with Gasteiger partial charge in [0.25, 0.3) is 0 Å². The highest BCUT2D eigenvalue weighted by atomic mass is 16.6.